The second kappa shape index (κ2) is 9.26. The molecule has 1 saturated heterocycles. The van der Waals surface area contributed by atoms with Gasteiger partial charge in [-0.25, -0.2) is 0 Å². The first kappa shape index (κ1) is 20.6. The number of methoxy groups -OCH3 is 1. The molecule has 1 N–H and O–H groups in total. The number of aliphatic hydroxyl groups excluding tert-OH is 1. The van der Waals surface area contributed by atoms with Crippen molar-refractivity contribution in [3.05, 3.63) is 35.9 Å². The Morgan fingerprint density at radius 3 is 2.68 bits per heavy atom. The Morgan fingerprint density at radius 1 is 1.36 bits per heavy atom. The van der Waals surface area contributed by atoms with Crippen LogP contribution in [0.15, 0.2) is 30.3 Å². The number of aliphatic hydroxyl groups is 1. The van der Waals surface area contributed by atoms with E-state index in [2.05, 4.69) is 0 Å². The van der Waals surface area contributed by atoms with Crippen molar-refractivity contribution in [2.75, 3.05) is 39.8 Å². The standard InChI is InChI=1S/C18H29O6P/c1-4-24-25(3,20)11-10-18(14-19)17(16(21-2)13-23-18)22-12-15-8-6-5-7-9-15/h5-9,16-17,19H,4,10-14H2,1-3H3/t16-,17?,18-,25?/m1/s1. The van der Waals surface area contributed by atoms with E-state index >= 15 is 0 Å². The lowest BCUT2D eigenvalue weighted by Crippen LogP contribution is -2.49. The van der Waals surface area contributed by atoms with Gasteiger partial charge in [0, 0.05) is 19.9 Å². The van der Waals surface area contributed by atoms with Crippen LogP contribution in [0.1, 0.15) is 18.9 Å². The van der Waals surface area contributed by atoms with Crippen LogP contribution in [-0.2, 0) is 29.9 Å². The number of ether oxygens (including phenoxy) is 3. The first-order chi connectivity index (χ1) is 12.0. The lowest BCUT2D eigenvalue weighted by atomic mass is 9.93. The number of benzene rings is 1. The molecule has 7 heteroatoms. The summed E-state index contributed by atoms with van der Waals surface area (Å²) in [6.07, 6.45) is -0.0110. The summed E-state index contributed by atoms with van der Waals surface area (Å²) in [5.41, 5.74) is 0.102. The summed E-state index contributed by atoms with van der Waals surface area (Å²) in [5.74, 6) is 0. The summed E-state index contributed by atoms with van der Waals surface area (Å²) in [7, 11) is -1.12. The summed E-state index contributed by atoms with van der Waals surface area (Å²) in [4.78, 5) is 0. The van der Waals surface area contributed by atoms with Crippen molar-refractivity contribution in [2.45, 2.75) is 37.8 Å². The highest BCUT2D eigenvalue weighted by Crippen LogP contribution is 2.46. The van der Waals surface area contributed by atoms with Gasteiger partial charge in [0.15, 0.2) is 7.37 Å². The van der Waals surface area contributed by atoms with E-state index in [9.17, 15) is 9.67 Å². The third kappa shape index (κ3) is 5.36. The number of rotatable bonds is 10. The highest BCUT2D eigenvalue weighted by atomic mass is 31.2. The molecule has 0 saturated carbocycles. The molecule has 142 valence electrons. The minimum absolute atomic E-state index is 0.224. The van der Waals surface area contributed by atoms with Crippen LogP contribution in [0.2, 0.25) is 0 Å². The van der Waals surface area contributed by atoms with E-state index in [4.69, 9.17) is 18.7 Å². The van der Waals surface area contributed by atoms with Crippen molar-refractivity contribution in [3.8, 4) is 0 Å². The fraction of sp³-hybridized carbons (Fsp3) is 0.667. The molecular weight excluding hydrogens is 343 g/mol. The number of hydrogen-bond donors (Lipinski definition) is 1. The molecular formula is C18H29O6P. The molecule has 0 amide bonds. The Labute approximate surface area is 149 Å². The van der Waals surface area contributed by atoms with Crippen molar-refractivity contribution in [1.29, 1.82) is 0 Å². The second-order valence-electron chi connectivity index (χ2n) is 6.43. The minimum atomic E-state index is -2.72. The highest BCUT2D eigenvalue weighted by molar-refractivity contribution is 7.58. The summed E-state index contributed by atoms with van der Waals surface area (Å²) in [5, 5.41) is 10.0. The average Bonchev–Trinajstić information content (AvgIpc) is 2.97. The summed E-state index contributed by atoms with van der Waals surface area (Å²) in [6.45, 7) is 4.33. The number of hydrogen-bond acceptors (Lipinski definition) is 6. The monoisotopic (exact) mass is 372 g/mol. The maximum atomic E-state index is 12.4. The Hall–Kier alpha value is -0.750. The van der Waals surface area contributed by atoms with Gasteiger partial charge in [0.2, 0.25) is 0 Å². The summed E-state index contributed by atoms with van der Waals surface area (Å²) < 4.78 is 35.2. The van der Waals surface area contributed by atoms with Crippen LogP contribution >= 0.6 is 7.37 Å². The van der Waals surface area contributed by atoms with Gasteiger partial charge in [-0.2, -0.15) is 0 Å². The van der Waals surface area contributed by atoms with Crippen LogP contribution in [0.3, 0.4) is 0 Å². The lowest BCUT2D eigenvalue weighted by Gasteiger charge is -2.34. The van der Waals surface area contributed by atoms with Crippen molar-refractivity contribution >= 4 is 7.37 Å². The fourth-order valence-corrected chi connectivity index (χ4v) is 4.59. The molecule has 0 radical (unpaired) electrons. The minimum Gasteiger partial charge on any atom is -0.393 e. The van der Waals surface area contributed by atoms with E-state index in [1.807, 2.05) is 37.3 Å². The van der Waals surface area contributed by atoms with Crippen LogP contribution in [-0.4, -0.2) is 62.7 Å². The smallest absolute Gasteiger partial charge is 0.200 e. The van der Waals surface area contributed by atoms with Crippen molar-refractivity contribution in [3.63, 3.8) is 0 Å². The molecule has 1 aromatic rings. The Kier molecular flexibility index (Phi) is 7.62. The molecule has 1 fully saturated rings. The van der Waals surface area contributed by atoms with E-state index < -0.39 is 19.1 Å². The van der Waals surface area contributed by atoms with Gasteiger partial charge < -0.3 is 23.8 Å². The summed E-state index contributed by atoms with van der Waals surface area (Å²) in [6, 6.07) is 9.81. The SMILES string of the molecule is CCOP(C)(=O)CC[C@]1(CO)OC[C@@H](OC)C1OCc1ccccc1. The van der Waals surface area contributed by atoms with Gasteiger partial charge in [0.1, 0.15) is 17.8 Å². The van der Waals surface area contributed by atoms with Crippen LogP contribution < -0.4 is 0 Å². The van der Waals surface area contributed by atoms with Gasteiger partial charge in [-0.05, 0) is 18.9 Å². The molecule has 2 unspecified atom stereocenters. The molecule has 4 atom stereocenters. The Balaban J connectivity index is 2.09. The van der Waals surface area contributed by atoms with E-state index in [1.165, 1.54) is 0 Å². The largest absolute Gasteiger partial charge is 0.393 e. The van der Waals surface area contributed by atoms with Crippen molar-refractivity contribution in [2.24, 2.45) is 0 Å². The molecule has 0 spiro atoms. The van der Waals surface area contributed by atoms with Gasteiger partial charge >= 0.3 is 0 Å². The maximum Gasteiger partial charge on any atom is 0.200 e. The lowest BCUT2D eigenvalue weighted by molar-refractivity contribution is -0.129. The maximum absolute atomic E-state index is 12.4. The third-order valence-corrected chi connectivity index (χ3v) is 6.42. The Morgan fingerprint density at radius 2 is 2.08 bits per heavy atom. The molecule has 1 heterocycles. The normalized spacial score (nSPS) is 28.8. The van der Waals surface area contributed by atoms with Gasteiger partial charge in [-0.15, -0.1) is 0 Å². The predicted octanol–water partition coefficient (Wildman–Crippen LogP) is 2.68. The predicted molar refractivity (Wildman–Crippen MR) is 96.2 cm³/mol. The molecule has 2 rings (SSSR count). The van der Waals surface area contributed by atoms with Crippen molar-refractivity contribution in [1.82, 2.24) is 0 Å². The average molecular weight is 372 g/mol. The molecule has 0 bridgehead atoms. The third-order valence-electron chi connectivity index (χ3n) is 4.58. The summed E-state index contributed by atoms with van der Waals surface area (Å²) >= 11 is 0. The van der Waals surface area contributed by atoms with Crippen LogP contribution in [0.5, 0.6) is 0 Å². The topological polar surface area (TPSA) is 74.2 Å². The van der Waals surface area contributed by atoms with Crippen molar-refractivity contribution < 1.29 is 28.4 Å². The fourth-order valence-electron chi connectivity index (χ4n) is 3.13. The van der Waals surface area contributed by atoms with Crippen LogP contribution in [0, 0.1) is 0 Å². The molecule has 25 heavy (non-hydrogen) atoms. The van der Waals surface area contributed by atoms with Gasteiger partial charge in [-0.3, -0.25) is 4.57 Å². The molecule has 1 aliphatic rings. The van der Waals surface area contributed by atoms with Gasteiger partial charge in [-0.1, -0.05) is 30.3 Å². The van der Waals surface area contributed by atoms with E-state index in [0.29, 0.717) is 32.4 Å². The van der Waals surface area contributed by atoms with Crippen LogP contribution in [0.4, 0.5) is 0 Å². The van der Waals surface area contributed by atoms with E-state index in [1.54, 1.807) is 13.8 Å². The molecule has 1 aromatic carbocycles. The first-order valence-corrected chi connectivity index (χ1v) is 10.9. The van der Waals surface area contributed by atoms with Gasteiger partial charge in [0.25, 0.3) is 0 Å². The highest BCUT2D eigenvalue weighted by Gasteiger charge is 2.51. The van der Waals surface area contributed by atoms with E-state index in [0.717, 1.165) is 5.56 Å². The van der Waals surface area contributed by atoms with E-state index in [-0.39, 0.29) is 12.7 Å². The zero-order valence-electron chi connectivity index (χ0n) is 15.2. The molecule has 0 aliphatic carbocycles. The molecule has 6 nitrogen and oxygen atoms in total. The Bertz CT molecular complexity index is 566. The first-order valence-electron chi connectivity index (χ1n) is 8.60. The molecule has 1 aliphatic heterocycles. The second-order valence-corrected chi connectivity index (χ2v) is 9.16. The quantitative estimate of drug-likeness (QED) is 0.637. The zero-order valence-corrected chi connectivity index (χ0v) is 16.1. The van der Waals surface area contributed by atoms with Gasteiger partial charge in [0.05, 0.1) is 26.4 Å². The molecule has 0 aromatic heterocycles. The zero-order chi connectivity index (χ0) is 18.3. The van der Waals surface area contributed by atoms with Crippen LogP contribution in [0.25, 0.3) is 0 Å².